The van der Waals surface area contributed by atoms with E-state index >= 15 is 0 Å². The van der Waals surface area contributed by atoms with E-state index in [9.17, 15) is 0 Å². The molecule has 0 N–H and O–H groups in total. The van der Waals surface area contributed by atoms with E-state index in [-0.39, 0.29) is 12.4 Å². The fraction of sp³-hybridized carbons (Fsp3) is 1.00. The Morgan fingerprint density at radius 3 is 2.93 bits per heavy atom. The van der Waals surface area contributed by atoms with Gasteiger partial charge >= 0.3 is 0 Å². The van der Waals surface area contributed by atoms with Gasteiger partial charge in [0.2, 0.25) is 0 Å². The van der Waals surface area contributed by atoms with Gasteiger partial charge in [-0.2, -0.15) is 0 Å². The van der Waals surface area contributed by atoms with Crippen LogP contribution in [0.4, 0.5) is 0 Å². The van der Waals surface area contributed by atoms with Crippen LogP contribution in [0.2, 0.25) is 0 Å². The van der Waals surface area contributed by atoms with Crippen molar-refractivity contribution < 1.29 is 14.2 Å². The van der Waals surface area contributed by atoms with Crippen LogP contribution in [0.15, 0.2) is 0 Å². The highest BCUT2D eigenvalue weighted by molar-refractivity contribution is 4.75. The minimum absolute atomic E-state index is 0.0839. The summed E-state index contributed by atoms with van der Waals surface area (Å²) in [5.74, 6) is 0. The SMILES string of the molecule is CCCCC1COC(C2CCCO2)O1. The van der Waals surface area contributed by atoms with E-state index in [1.807, 2.05) is 0 Å². The molecule has 0 aromatic heterocycles. The summed E-state index contributed by atoms with van der Waals surface area (Å²) in [6.07, 6.45) is 6.24. The number of rotatable bonds is 4. The molecule has 0 bridgehead atoms. The molecular weight excluding hydrogens is 180 g/mol. The molecule has 0 radical (unpaired) electrons. The fourth-order valence-corrected chi connectivity index (χ4v) is 2.07. The number of hydrogen-bond acceptors (Lipinski definition) is 3. The lowest BCUT2D eigenvalue weighted by Gasteiger charge is -2.16. The molecule has 3 heteroatoms. The standard InChI is InChI=1S/C11H20O3/c1-2-3-5-9-8-13-11(14-9)10-6-4-7-12-10/h9-11H,2-8H2,1H3. The van der Waals surface area contributed by atoms with E-state index in [2.05, 4.69) is 6.92 Å². The molecule has 3 unspecified atom stereocenters. The minimum Gasteiger partial charge on any atom is -0.373 e. The summed E-state index contributed by atoms with van der Waals surface area (Å²) in [5.41, 5.74) is 0. The van der Waals surface area contributed by atoms with Crippen LogP contribution >= 0.6 is 0 Å². The number of hydrogen-bond donors (Lipinski definition) is 0. The van der Waals surface area contributed by atoms with Gasteiger partial charge in [-0.15, -0.1) is 0 Å². The molecule has 0 aromatic carbocycles. The largest absolute Gasteiger partial charge is 0.373 e. The van der Waals surface area contributed by atoms with Gasteiger partial charge in [-0.3, -0.25) is 0 Å². The molecule has 3 nitrogen and oxygen atoms in total. The van der Waals surface area contributed by atoms with Crippen molar-refractivity contribution in [1.82, 2.24) is 0 Å². The zero-order valence-electron chi connectivity index (χ0n) is 8.91. The highest BCUT2D eigenvalue weighted by Crippen LogP contribution is 2.25. The third kappa shape index (κ3) is 2.47. The predicted octanol–water partition coefficient (Wildman–Crippen LogP) is 2.10. The first-order valence-corrected chi connectivity index (χ1v) is 5.79. The average molecular weight is 200 g/mol. The van der Waals surface area contributed by atoms with Crippen LogP contribution < -0.4 is 0 Å². The van der Waals surface area contributed by atoms with Crippen LogP contribution in [-0.4, -0.2) is 31.7 Å². The Bertz CT molecular complexity index is 166. The molecule has 0 spiro atoms. The van der Waals surface area contributed by atoms with E-state index in [0.29, 0.717) is 6.10 Å². The summed E-state index contributed by atoms with van der Waals surface area (Å²) in [4.78, 5) is 0. The maximum Gasteiger partial charge on any atom is 0.184 e. The molecule has 0 aromatic rings. The molecule has 2 heterocycles. The Balaban J connectivity index is 1.71. The Morgan fingerprint density at radius 1 is 1.29 bits per heavy atom. The molecule has 14 heavy (non-hydrogen) atoms. The smallest absolute Gasteiger partial charge is 0.184 e. The second kappa shape index (κ2) is 5.10. The van der Waals surface area contributed by atoms with Gasteiger partial charge in [0, 0.05) is 6.61 Å². The summed E-state index contributed by atoms with van der Waals surface area (Å²) in [6, 6.07) is 0. The summed E-state index contributed by atoms with van der Waals surface area (Å²) in [7, 11) is 0. The number of unbranched alkanes of at least 4 members (excludes halogenated alkanes) is 1. The molecule has 2 rings (SSSR count). The van der Waals surface area contributed by atoms with Gasteiger partial charge in [0.25, 0.3) is 0 Å². The molecule has 0 aliphatic carbocycles. The van der Waals surface area contributed by atoms with Crippen molar-refractivity contribution in [2.75, 3.05) is 13.2 Å². The van der Waals surface area contributed by atoms with E-state index in [0.717, 1.165) is 32.5 Å². The van der Waals surface area contributed by atoms with E-state index in [4.69, 9.17) is 14.2 Å². The van der Waals surface area contributed by atoms with E-state index < -0.39 is 0 Å². The van der Waals surface area contributed by atoms with Crippen LogP contribution in [0, 0.1) is 0 Å². The van der Waals surface area contributed by atoms with Gasteiger partial charge in [-0.1, -0.05) is 19.8 Å². The summed E-state index contributed by atoms with van der Waals surface area (Å²) in [6.45, 7) is 3.82. The van der Waals surface area contributed by atoms with Crippen LogP contribution in [0.5, 0.6) is 0 Å². The Kier molecular flexibility index (Phi) is 3.79. The number of ether oxygens (including phenoxy) is 3. The van der Waals surface area contributed by atoms with Crippen molar-refractivity contribution >= 4 is 0 Å². The molecule has 2 aliphatic heterocycles. The van der Waals surface area contributed by atoms with Crippen molar-refractivity contribution in [3.8, 4) is 0 Å². The molecule has 2 fully saturated rings. The second-order valence-electron chi connectivity index (χ2n) is 4.15. The third-order valence-electron chi connectivity index (χ3n) is 2.92. The highest BCUT2D eigenvalue weighted by atomic mass is 16.7. The first-order valence-electron chi connectivity index (χ1n) is 5.79. The Hall–Kier alpha value is -0.120. The van der Waals surface area contributed by atoms with Crippen molar-refractivity contribution in [2.24, 2.45) is 0 Å². The van der Waals surface area contributed by atoms with E-state index in [1.165, 1.54) is 12.8 Å². The topological polar surface area (TPSA) is 27.7 Å². The molecule has 3 atom stereocenters. The summed E-state index contributed by atoms with van der Waals surface area (Å²) >= 11 is 0. The molecule has 82 valence electrons. The summed E-state index contributed by atoms with van der Waals surface area (Å²) in [5, 5.41) is 0. The average Bonchev–Trinajstić information content (AvgIpc) is 2.85. The molecule has 0 amide bonds. The monoisotopic (exact) mass is 200 g/mol. The van der Waals surface area contributed by atoms with Crippen molar-refractivity contribution in [1.29, 1.82) is 0 Å². The Morgan fingerprint density at radius 2 is 2.21 bits per heavy atom. The maximum absolute atomic E-state index is 5.80. The lowest BCUT2D eigenvalue weighted by Crippen LogP contribution is -2.26. The molecule has 2 saturated heterocycles. The lowest BCUT2D eigenvalue weighted by molar-refractivity contribution is -0.135. The zero-order valence-corrected chi connectivity index (χ0v) is 8.91. The van der Waals surface area contributed by atoms with Gasteiger partial charge in [0.15, 0.2) is 6.29 Å². The van der Waals surface area contributed by atoms with Crippen LogP contribution in [0.3, 0.4) is 0 Å². The first kappa shape index (κ1) is 10.4. The lowest BCUT2D eigenvalue weighted by atomic mass is 10.2. The van der Waals surface area contributed by atoms with Gasteiger partial charge in [0.05, 0.1) is 12.7 Å². The van der Waals surface area contributed by atoms with Gasteiger partial charge in [0.1, 0.15) is 6.10 Å². The van der Waals surface area contributed by atoms with Crippen LogP contribution in [0.1, 0.15) is 39.0 Å². The van der Waals surface area contributed by atoms with Crippen molar-refractivity contribution in [3.63, 3.8) is 0 Å². The molecular formula is C11H20O3. The quantitative estimate of drug-likeness (QED) is 0.695. The van der Waals surface area contributed by atoms with Gasteiger partial charge in [-0.05, 0) is 19.3 Å². The van der Waals surface area contributed by atoms with Gasteiger partial charge in [-0.25, -0.2) is 0 Å². The molecule has 2 aliphatic rings. The van der Waals surface area contributed by atoms with Crippen molar-refractivity contribution in [2.45, 2.75) is 57.5 Å². The third-order valence-corrected chi connectivity index (χ3v) is 2.92. The minimum atomic E-state index is -0.0839. The summed E-state index contributed by atoms with van der Waals surface area (Å²) < 4.78 is 16.9. The van der Waals surface area contributed by atoms with E-state index in [1.54, 1.807) is 0 Å². The van der Waals surface area contributed by atoms with Crippen LogP contribution in [0.25, 0.3) is 0 Å². The maximum atomic E-state index is 5.80. The zero-order chi connectivity index (χ0) is 9.80. The Labute approximate surface area is 85.7 Å². The van der Waals surface area contributed by atoms with Gasteiger partial charge < -0.3 is 14.2 Å². The van der Waals surface area contributed by atoms with Crippen LogP contribution in [-0.2, 0) is 14.2 Å². The first-order chi connectivity index (χ1) is 6.90. The normalized spacial score (nSPS) is 37.9. The predicted molar refractivity (Wildman–Crippen MR) is 53.1 cm³/mol. The highest BCUT2D eigenvalue weighted by Gasteiger charge is 2.34. The second-order valence-corrected chi connectivity index (χ2v) is 4.15. The molecule has 0 saturated carbocycles. The van der Waals surface area contributed by atoms with Crippen molar-refractivity contribution in [3.05, 3.63) is 0 Å². The fourth-order valence-electron chi connectivity index (χ4n) is 2.07.